The quantitative estimate of drug-likeness (QED) is 0.927. The van der Waals surface area contributed by atoms with E-state index in [1.165, 1.54) is 5.69 Å². The normalized spacial score (nSPS) is 17.1. The van der Waals surface area contributed by atoms with Crippen LogP contribution in [0.4, 0.5) is 0 Å². The van der Waals surface area contributed by atoms with Gasteiger partial charge in [-0.2, -0.15) is 5.10 Å². The van der Waals surface area contributed by atoms with Gasteiger partial charge in [0.1, 0.15) is 5.75 Å². The number of aryl methyl sites for hydroxylation is 1. The Kier molecular flexibility index (Phi) is 3.90. The Morgan fingerprint density at radius 2 is 2.29 bits per heavy atom. The van der Waals surface area contributed by atoms with Crippen molar-refractivity contribution in [1.82, 2.24) is 15.1 Å². The fourth-order valence-corrected chi connectivity index (χ4v) is 2.79. The van der Waals surface area contributed by atoms with Gasteiger partial charge in [-0.1, -0.05) is 18.2 Å². The summed E-state index contributed by atoms with van der Waals surface area (Å²) in [5, 5.41) is 7.36. The number of rotatable bonds is 4. The van der Waals surface area contributed by atoms with E-state index in [2.05, 4.69) is 10.4 Å². The summed E-state index contributed by atoms with van der Waals surface area (Å²) in [6.07, 6.45) is 3.93. The lowest BCUT2D eigenvalue weighted by atomic mass is 10.0. The number of nitrogens with zero attached hydrogens (tertiary/aromatic N) is 2. The molecule has 0 saturated carbocycles. The van der Waals surface area contributed by atoms with Gasteiger partial charge in [-0.25, -0.2) is 0 Å². The summed E-state index contributed by atoms with van der Waals surface area (Å²) in [5.41, 5.74) is 2.10. The third-order valence-electron chi connectivity index (χ3n) is 3.86. The van der Waals surface area contributed by atoms with E-state index in [1.807, 2.05) is 41.2 Å². The van der Waals surface area contributed by atoms with E-state index < -0.39 is 0 Å². The number of benzene rings is 1. The molecule has 0 bridgehead atoms. The molecule has 0 spiro atoms. The number of hydrogen-bond donors (Lipinski definition) is 1. The molecule has 5 nitrogen and oxygen atoms in total. The highest BCUT2D eigenvalue weighted by Crippen LogP contribution is 2.18. The number of methoxy groups -OCH3 is 1. The van der Waals surface area contributed by atoms with Crippen molar-refractivity contribution in [1.29, 1.82) is 0 Å². The predicted molar refractivity (Wildman–Crippen MR) is 79.2 cm³/mol. The molecule has 0 radical (unpaired) electrons. The summed E-state index contributed by atoms with van der Waals surface area (Å²) in [6.45, 7) is 0.863. The van der Waals surface area contributed by atoms with Crippen LogP contribution in [0.25, 0.3) is 0 Å². The molecule has 0 aliphatic carbocycles. The van der Waals surface area contributed by atoms with Gasteiger partial charge in [0.2, 0.25) is 5.91 Å². The van der Waals surface area contributed by atoms with Gasteiger partial charge in [-0.15, -0.1) is 0 Å². The van der Waals surface area contributed by atoms with E-state index in [0.29, 0.717) is 6.42 Å². The number of carbonyl (C=O) groups excluding carboxylic acids is 1. The highest BCUT2D eigenvalue weighted by Gasteiger charge is 2.20. The summed E-state index contributed by atoms with van der Waals surface area (Å²) in [4.78, 5) is 12.2. The smallest absolute Gasteiger partial charge is 0.224 e. The van der Waals surface area contributed by atoms with Gasteiger partial charge in [-0.3, -0.25) is 9.48 Å². The number of ether oxygens (including phenoxy) is 1. The molecule has 2 heterocycles. The maximum atomic E-state index is 12.2. The molecule has 1 amide bonds. The Morgan fingerprint density at radius 3 is 3.14 bits per heavy atom. The van der Waals surface area contributed by atoms with Gasteiger partial charge in [0, 0.05) is 36.5 Å². The number of fused-ring (bicyclic) bond motifs is 1. The highest BCUT2D eigenvalue weighted by molar-refractivity contribution is 5.79. The number of aromatic nitrogens is 2. The van der Waals surface area contributed by atoms with Crippen LogP contribution in [0.1, 0.15) is 17.7 Å². The topological polar surface area (TPSA) is 56.1 Å². The zero-order valence-corrected chi connectivity index (χ0v) is 12.1. The van der Waals surface area contributed by atoms with Gasteiger partial charge in [0.05, 0.1) is 13.5 Å². The van der Waals surface area contributed by atoms with Crippen LogP contribution in [0.2, 0.25) is 0 Å². The zero-order valence-electron chi connectivity index (χ0n) is 12.1. The molecule has 3 rings (SSSR count). The first-order chi connectivity index (χ1) is 10.3. The molecule has 21 heavy (non-hydrogen) atoms. The van der Waals surface area contributed by atoms with E-state index in [9.17, 15) is 4.79 Å². The molecule has 0 saturated heterocycles. The lowest BCUT2D eigenvalue weighted by molar-refractivity contribution is -0.121. The molecular weight excluding hydrogens is 266 g/mol. The summed E-state index contributed by atoms with van der Waals surface area (Å²) < 4.78 is 7.28. The standard InChI is InChI=1S/C16H19N3O2/c1-21-15-5-3-2-4-12(15)10-16(20)18-13-7-9-19-14(11-13)6-8-17-19/h2-6,8,13H,7,9-11H2,1H3,(H,18,20). The molecule has 1 atom stereocenters. The molecule has 1 aliphatic rings. The van der Waals surface area contributed by atoms with Crippen molar-refractivity contribution in [3.8, 4) is 5.75 Å². The van der Waals surface area contributed by atoms with Gasteiger partial charge in [0.15, 0.2) is 0 Å². The molecule has 1 N–H and O–H groups in total. The number of hydrogen-bond acceptors (Lipinski definition) is 3. The minimum absolute atomic E-state index is 0.0393. The fraction of sp³-hybridized carbons (Fsp3) is 0.375. The minimum Gasteiger partial charge on any atom is -0.496 e. The predicted octanol–water partition coefficient (Wildman–Crippen LogP) is 1.57. The maximum Gasteiger partial charge on any atom is 0.224 e. The van der Waals surface area contributed by atoms with Crippen molar-refractivity contribution < 1.29 is 9.53 Å². The molecule has 2 aromatic rings. The molecule has 5 heteroatoms. The van der Waals surface area contributed by atoms with Gasteiger partial charge in [0.25, 0.3) is 0 Å². The Hall–Kier alpha value is -2.30. The van der Waals surface area contributed by atoms with E-state index in [-0.39, 0.29) is 11.9 Å². The van der Waals surface area contributed by atoms with Crippen LogP contribution in [0, 0.1) is 0 Å². The molecule has 1 aliphatic heterocycles. The van der Waals surface area contributed by atoms with Crippen LogP contribution in [-0.4, -0.2) is 28.8 Å². The second-order valence-electron chi connectivity index (χ2n) is 5.29. The summed E-state index contributed by atoms with van der Waals surface area (Å²) in [7, 11) is 1.62. The number of para-hydroxylation sites is 1. The Labute approximate surface area is 123 Å². The molecule has 1 unspecified atom stereocenters. The van der Waals surface area contributed by atoms with Crippen LogP contribution in [-0.2, 0) is 24.2 Å². The lowest BCUT2D eigenvalue weighted by Gasteiger charge is -2.24. The van der Waals surface area contributed by atoms with E-state index in [4.69, 9.17) is 4.74 Å². The average Bonchev–Trinajstić information content (AvgIpc) is 2.95. The summed E-state index contributed by atoms with van der Waals surface area (Å²) in [6, 6.07) is 9.83. The van der Waals surface area contributed by atoms with E-state index in [1.54, 1.807) is 7.11 Å². The van der Waals surface area contributed by atoms with Crippen molar-refractivity contribution in [2.45, 2.75) is 31.8 Å². The SMILES string of the molecule is COc1ccccc1CC(=O)NC1CCn2nccc2C1. The Bertz CT molecular complexity index is 636. The number of carbonyl (C=O) groups is 1. The summed E-state index contributed by atoms with van der Waals surface area (Å²) in [5.74, 6) is 0.798. The first-order valence-electron chi connectivity index (χ1n) is 7.18. The van der Waals surface area contributed by atoms with Crippen LogP contribution in [0.3, 0.4) is 0 Å². The van der Waals surface area contributed by atoms with Crippen molar-refractivity contribution in [2.24, 2.45) is 0 Å². The third-order valence-corrected chi connectivity index (χ3v) is 3.86. The Morgan fingerprint density at radius 1 is 1.43 bits per heavy atom. The lowest BCUT2D eigenvalue weighted by Crippen LogP contribution is -2.40. The van der Waals surface area contributed by atoms with Crippen LogP contribution < -0.4 is 10.1 Å². The van der Waals surface area contributed by atoms with Gasteiger partial charge in [-0.05, 0) is 18.6 Å². The first-order valence-corrected chi connectivity index (χ1v) is 7.18. The molecule has 110 valence electrons. The van der Waals surface area contributed by atoms with Crippen molar-refractivity contribution in [3.05, 3.63) is 47.8 Å². The second kappa shape index (κ2) is 5.99. The van der Waals surface area contributed by atoms with Gasteiger partial charge >= 0.3 is 0 Å². The van der Waals surface area contributed by atoms with Crippen LogP contribution in [0.5, 0.6) is 5.75 Å². The molecular formula is C16H19N3O2. The van der Waals surface area contributed by atoms with Gasteiger partial charge < -0.3 is 10.1 Å². The minimum atomic E-state index is 0.0393. The molecule has 1 aromatic carbocycles. The largest absolute Gasteiger partial charge is 0.496 e. The first kappa shape index (κ1) is 13.7. The fourth-order valence-electron chi connectivity index (χ4n) is 2.79. The zero-order chi connectivity index (χ0) is 14.7. The van der Waals surface area contributed by atoms with Crippen molar-refractivity contribution in [3.63, 3.8) is 0 Å². The number of nitrogens with one attached hydrogen (secondary N) is 1. The van der Waals surface area contributed by atoms with E-state index in [0.717, 1.165) is 30.7 Å². The molecule has 0 fully saturated rings. The van der Waals surface area contributed by atoms with E-state index >= 15 is 0 Å². The monoisotopic (exact) mass is 285 g/mol. The van der Waals surface area contributed by atoms with Crippen molar-refractivity contribution >= 4 is 5.91 Å². The van der Waals surface area contributed by atoms with Crippen LogP contribution >= 0.6 is 0 Å². The highest BCUT2D eigenvalue weighted by atomic mass is 16.5. The maximum absolute atomic E-state index is 12.2. The second-order valence-corrected chi connectivity index (χ2v) is 5.29. The average molecular weight is 285 g/mol. The Balaban J connectivity index is 1.60. The number of amides is 1. The summed E-state index contributed by atoms with van der Waals surface area (Å²) >= 11 is 0. The third kappa shape index (κ3) is 3.07. The van der Waals surface area contributed by atoms with Crippen molar-refractivity contribution in [2.75, 3.05) is 7.11 Å². The molecule has 1 aromatic heterocycles. The van der Waals surface area contributed by atoms with Crippen LogP contribution in [0.15, 0.2) is 36.5 Å².